The van der Waals surface area contributed by atoms with Crippen molar-refractivity contribution in [1.29, 1.82) is 0 Å². The molecule has 2 aromatic rings. The number of benzene rings is 2. The van der Waals surface area contributed by atoms with Crippen LogP contribution >= 0.6 is 0 Å². The molecule has 6 rings (SSSR count). The van der Waals surface area contributed by atoms with Crippen LogP contribution in [0, 0.1) is 5.82 Å². The number of amides is 3. The van der Waals surface area contributed by atoms with Gasteiger partial charge in [0.05, 0.1) is 7.11 Å². The van der Waals surface area contributed by atoms with Gasteiger partial charge in [0.25, 0.3) is 0 Å². The predicted octanol–water partition coefficient (Wildman–Crippen LogP) is 4.35. The maximum absolute atomic E-state index is 13.5. The average molecular weight is 480 g/mol. The van der Waals surface area contributed by atoms with Crippen LogP contribution in [-0.4, -0.2) is 47.4 Å². The lowest BCUT2D eigenvalue weighted by Crippen LogP contribution is -2.59. The van der Waals surface area contributed by atoms with E-state index in [9.17, 15) is 18.8 Å². The van der Waals surface area contributed by atoms with Crippen molar-refractivity contribution < 1.29 is 23.5 Å². The summed E-state index contributed by atoms with van der Waals surface area (Å²) in [6, 6.07) is 12.5. The number of nitrogens with one attached hydrogen (secondary N) is 1. The van der Waals surface area contributed by atoms with Gasteiger partial charge in [-0.05, 0) is 84.9 Å². The lowest BCUT2D eigenvalue weighted by Gasteiger charge is -2.56. The second-order valence-corrected chi connectivity index (χ2v) is 10.1. The third-order valence-corrected chi connectivity index (χ3v) is 8.51. The summed E-state index contributed by atoms with van der Waals surface area (Å²) in [6.45, 7) is 0.867. The Bertz CT molecular complexity index is 1150. The van der Waals surface area contributed by atoms with Gasteiger partial charge in [0, 0.05) is 31.4 Å². The monoisotopic (exact) mass is 479 g/mol. The van der Waals surface area contributed by atoms with Crippen LogP contribution in [0.25, 0.3) is 0 Å². The minimum Gasteiger partial charge on any atom is -0.462 e. The molecular weight excluding hydrogens is 449 g/mol. The maximum atomic E-state index is 13.5. The van der Waals surface area contributed by atoms with Crippen molar-refractivity contribution in [2.24, 2.45) is 0 Å². The van der Waals surface area contributed by atoms with Crippen LogP contribution in [0.4, 0.5) is 14.9 Å². The summed E-state index contributed by atoms with van der Waals surface area (Å²) < 4.78 is 18.1. The number of nitrogens with zero attached hydrogens (tertiary/aromatic N) is 2. The highest BCUT2D eigenvalue weighted by molar-refractivity contribution is 6.32. The molecule has 0 saturated heterocycles. The second-order valence-electron chi connectivity index (χ2n) is 10.1. The molecule has 7 nitrogen and oxygen atoms in total. The molecule has 8 heteroatoms. The average Bonchev–Trinajstić information content (AvgIpc) is 3.32. The van der Waals surface area contributed by atoms with E-state index in [0.29, 0.717) is 13.1 Å². The van der Waals surface area contributed by atoms with Crippen molar-refractivity contribution in [2.45, 2.75) is 62.6 Å². The van der Waals surface area contributed by atoms with E-state index in [1.807, 2.05) is 12.1 Å². The zero-order chi connectivity index (χ0) is 24.8. The van der Waals surface area contributed by atoms with E-state index in [4.69, 9.17) is 0 Å². The van der Waals surface area contributed by atoms with E-state index in [0.717, 1.165) is 55.3 Å². The first-order chi connectivity index (χ1) is 16.7. The molecule has 35 heavy (non-hydrogen) atoms. The standard InChI is InChI=1S/C27H30FN3O4/c1-30(23(32)24(33)35-2)27-12-9-26(10-13-27,11-14-27)20-4-7-22(8-5-20)29-25(34)31-16-18-3-6-21(28)15-19(18)17-31/h3-8,15H,9-14,16-17H2,1-2H3,(H,29,34). The molecule has 2 aromatic carbocycles. The molecule has 0 aromatic heterocycles. The number of urea groups is 1. The van der Waals surface area contributed by atoms with Gasteiger partial charge < -0.3 is 19.9 Å². The Kier molecular flexibility index (Phi) is 5.77. The van der Waals surface area contributed by atoms with Gasteiger partial charge in [-0.15, -0.1) is 0 Å². The van der Waals surface area contributed by atoms with Gasteiger partial charge in [-0.3, -0.25) is 4.79 Å². The number of carbonyl (C=O) groups is 3. The maximum Gasteiger partial charge on any atom is 0.396 e. The molecule has 0 spiro atoms. The number of rotatable bonds is 3. The van der Waals surface area contributed by atoms with Crippen LogP contribution < -0.4 is 5.32 Å². The van der Waals surface area contributed by atoms with Crippen molar-refractivity contribution in [2.75, 3.05) is 19.5 Å². The third-order valence-electron chi connectivity index (χ3n) is 8.51. The van der Waals surface area contributed by atoms with Gasteiger partial charge in [0.2, 0.25) is 0 Å². The van der Waals surface area contributed by atoms with Crippen LogP contribution in [0.2, 0.25) is 0 Å². The van der Waals surface area contributed by atoms with Gasteiger partial charge >= 0.3 is 17.9 Å². The van der Waals surface area contributed by atoms with Gasteiger partial charge in [0.15, 0.2) is 0 Å². The summed E-state index contributed by atoms with van der Waals surface area (Å²) >= 11 is 0. The van der Waals surface area contributed by atoms with Crippen LogP contribution in [0.1, 0.15) is 55.2 Å². The molecule has 2 bridgehead atoms. The molecule has 0 radical (unpaired) electrons. The highest BCUT2D eigenvalue weighted by Gasteiger charge is 2.52. The lowest BCUT2D eigenvalue weighted by atomic mass is 9.54. The molecular formula is C27H30FN3O4. The fourth-order valence-corrected chi connectivity index (χ4v) is 6.16. The molecule has 1 heterocycles. The molecule has 1 N–H and O–H groups in total. The number of hydrogen-bond donors (Lipinski definition) is 1. The Morgan fingerprint density at radius 1 is 0.943 bits per heavy atom. The predicted molar refractivity (Wildman–Crippen MR) is 128 cm³/mol. The summed E-state index contributed by atoms with van der Waals surface area (Å²) in [6.07, 6.45) is 5.38. The lowest BCUT2D eigenvalue weighted by molar-refractivity contribution is -0.163. The SMILES string of the molecule is COC(=O)C(=O)N(C)C12CCC(c3ccc(NC(=O)N4Cc5ccc(F)cc5C4)cc3)(CC1)CC2. The number of fused-ring (bicyclic) bond motifs is 4. The van der Waals surface area contributed by atoms with Gasteiger partial charge in [-0.2, -0.15) is 0 Å². The Morgan fingerprint density at radius 3 is 2.20 bits per heavy atom. The molecule has 3 amide bonds. The molecule has 3 saturated carbocycles. The molecule has 3 fully saturated rings. The smallest absolute Gasteiger partial charge is 0.396 e. The highest BCUT2D eigenvalue weighted by Crippen LogP contribution is 2.55. The number of esters is 1. The topological polar surface area (TPSA) is 79.0 Å². The number of hydrogen-bond acceptors (Lipinski definition) is 4. The van der Waals surface area contributed by atoms with Crippen LogP contribution in [0.5, 0.6) is 0 Å². The minimum absolute atomic E-state index is 0.0557. The number of anilines is 1. The first-order valence-electron chi connectivity index (χ1n) is 12.1. The number of halogens is 1. The Morgan fingerprint density at radius 2 is 1.57 bits per heavy atom. The normalized spacial score (nSPS) is 24.6. The van der Waals surface area contributed by atoms with Crippen LogP contribution in [-0.2, 0) is 32.8 Å². The molecule has 1 aliphatic heterocycles. The summed E-state index contributed by atoms with van der Waals surface area (Å²) in [4.78, 5) is 40.2. The summed E-state index contributed by atoms with van der Waals surface area (Å²) in [7, 11) is 2.94. The van der Waals surface area contributed by atoms with Crippen LogP contribution in [0.15, 0.2) is 42.5 Å². The van der Waals surface area contributed by atoms with Crippen molar-refractivity contribution >= 4 is 23.6 Å². The highest BCUT2D eigenvalue weighted by atomic mass is 19.1. The zero-order valence-electron chi connectivity index (χ0n) is 20.1. The van der Waals surface area contributed by atoms with E-state index < -0.39 is 11.9 Å². The number of carbonyl (C=O) groups excluding carboxylic acids is 3. The van der Waals surface area contributed by atoms with Crippen molar-refractivity contribution in [3.05, 3.63) is 65.0 Å². The first kappa shape index (κ1) is 23.3. The Labute approximate surface area is 204 Å². The van der Waals surface area contributed by atoms with Crippen LogP contribution in [0.3, 0.4) is 0 Å². The summed E-state index contributed by atoms with van der Waals surface area (Å²) in [5, 5.41) is 2.96. The summed E-state index contributed by atoms with van der Waals surface area (Å²) in [5.74, 6) is -1.68. The number of ether oxygens (including phenoxy) is 1. The summed E-state index contributed by atoms with van der Waals surface area (Å²) in [5.41, 5.74) is 3.56. The first-order valence-corrected chi connectivity index (χ1v) is 12.1. The number of methoxy groups -OCH3 is 1. The fraction of sp³-hybridized carbons (Fsp3) is 0.444. The van der Waals surface area contributed by atoms with Crippen molar-refractivity contribution in [1.82, 2.24) is 9.80 Å². The van der Waals surface area contributed by atoms with E-state index in [1.54, 1.807) is 22.9 Å². The van der Waals surface area contributed by atoms with E-state index in [2.05, 4.69) is 22.2 Å². The van der Waals surface area contributed by atoms with E-state index in [1.165, 1.54) is 24.8 Å². The molecule has 0 unspecified atom stereocenters. The molecule has 0 atom stereocenters. The van der Waals surface area contributed by atoms with Gasteiger partial charge in [0.1, 0.15) is 5.82 Å². The largest absolute Gasteiger partial charge is 0.462 e. The second kappa shape index (κ2) is 8.66. The quantitative estimate of drug-likeness (QED) is 0.525. The number of likely N-dealkylation sites (N-methyl/N-ethyl adjacent to an activating group) is 1. The fourth-order valence-electron chi connectivity index (χ4n) is 6.16. The van der Waals surface area contributed by atoms with Crippen molar-refractivity contribution in [3.63, 3.8) is 0 Å². The Balaban J connectivity index is 1.21. The molecule has 3 aliphatic carbocycles. The zero-order valence-corrected chi connectivity index (χ0v) is 20.1. The van der Waals surface area contributed by atoms with Gasteiger partial charge in [-0.25, -0.2) is 14.0 Å². The van der Waals surface area contributed by atoms with E-state index in [-0.39, 0.29) is 22.8 Å². The minimum atomic E-state index is -0.813. The molecule has 184 valence electrons. The third kappa shape index (κ3) is 4.05. The molecule has 4 aliphatic rings. The van der Waals surface area contributed by atoms with Crippen molar-refractivity contribution in [3.8, 4) is 0 Å². The Hall–Kier alpha value is -3.42. The van der Waals surface area contributed by atoms with E-state index >= 15 is 0 Å². The van der Waals surface area contributed by atoms with Gasteiger partial charge in [-0.1, -0.05) is 18.2 Å².